The Kier molecular flexibility index (Phi) is 7.89. The van der Waals surface area contributed by atoms with Crippen LogP contribution in [0.5, 0.6) is 0 Å². The minimum absolute atomic E-state index is 0.149. The molecule has 0 fully saturated rings. The van der Waals surface area contributed by atoms with Gasteiger partial charge in [-0.25, -0.2) is 9.18 Å². The highest BCUT2D eigenvalue weighted by Crippen LogP contribution is 2.34. The van der Waals surface area contributed by atoms with E-state index in [1.54, 1.807) is 27.9 Å². The number of hydrogen-bond acceptors (Lipinski definition) is 4. The van der Waals surface area contributed by atoms with Crippen LogP contribution in [0.3, 0.4) is 0 Å². The van der Waals surface area contributed by atoms with Crippen molar-refractivity contribution in [2.45, 2.75) is 52.7 Å². The third-order valence-electron chi connectivity index (χ3n) is 5.25. The van der Waals surface area contributed by atoms with E-state index in [9.17, 15) is 9.18 Å². The summed E-state index contributed by atoms with van der Waals surface area (Å²) in [6.45, 7) is 13.3. The summed E-state index contributed by atoms with van der Waals surface area (Å²) in [5.74, 6) is 0.204. The average Bonchev–Trinajstić information content (AvgIpc) is 3.20. The molecule has 0 spiro atoms. The number of nitrogens with zero attached hydrogens (tertiary/aromatic N) is 4. The number of rotatable bonds is 7. The van der Waals surface area contributed by atoms with Gasteiger partial charge in [-0.05, 0) is 75.9 Å². The SMILES string of the molecule is C=CC/C=C(/c1cccc(-c2ccc(F)cc2-c2nncn2C)c1)N(C(=O)OC(C)(C)C)C(C)C. The van der Waals surface area contributed by atoms with E-state index < -0.39 is 11.7 Å². The van der Waals surface area contributed by atoms with Crippen LogP contribution in [-0.2, 0) is 11.8 Å². The highest BCUT2D eigenvalue weighted by atomic mass is 19.1. The van der Waals surface area contributed by atoms with Crippen LogP contribution in [0.25, 0.3) is 28.2 Å². The van der Waals surface area contributed by atoms with Gasteiger partial charge in [-0.1, -0.05) is 36.4 Å². The fraction of sp³-hybridized carbons (Fsp3) is 0.321. The quantitative estimate of drug-likeness (QED) is 0.350. The number of halogens is 1. The molecule has 184 valence electrons. The van der Waals surface area contributed by atoms with Crippen molar-refractivity contribution in [3.63, 3.8) is 0 Å². The van der Waals surface area contributed by atoms with Gasteiger partial charge in [0.05, 0.1) is 5.70 Å². The molecule has 0 bridgehead atoms. The molecule has 3 rings (SSSR count). The van der Waals surface area contributed by atoms with Crippen LogP contribution in [0.1, 0.15) is 46.6 Å². The lowest BCUT2D eigenvalue weighted by molar-refractivity contribution is 0.0313. The first-order valence-corrected chi connectivity index (χ1v) is 11.6. The van der Waals surface area contributed by atoms with Crippen molar-refractivity contribution in [2.24, 2.45) is 7.05 Å². The van der Waals surface area contributed by atoms with E-state index in [0.717, 1.165) is 22.4 Å². The number of allylic oxidation sites excluding steroid dienone is 2. The summed E-state index contributed by atoms with van der Waals surface area (Å²) in [6, 6.07) is 12.3. The molecule has 0 N–H and O–H groups in total. The van der Waals surface area contributed by atoms with Gasteiger partial charge in [0.15, 0.2) is 5.82 Å². The first-order chi connectivity index (χ1) is 16.5. The zero-order chi connectivity index (χ0) is 25.8. The third kappa shape index (κ3) is 6.23. The summed E-state index contributed by atoms with van der Waals surface area (Å²) in [5.41, 5.74) is 3.22. The van der Waals surface area contributed by atoms with Gasteiger partial charge in [-0.3, -0.25) is 4.90 Å². The Morgan fingerprint density at radius 1 is 1.20 bits per heavy atom. The Hall–Kier alpha value is -3.74. The molecule has 0 saturated heterocycles. The Labute approximate surface area is 206 Å². The number of amides is 1. The summed E-state index contributed by atoms with van der Waals surface area (Å²) < 4.78 is 21.7. The summed E-state index contributed by atoms with van der Waals surface area (Å²) in [5, 5.41) is 8.12. The first-order valence-electron chi connectivity index (χ1n) is 11.6. The smallest absolute Gasteiger partial charge is 0.415 e. The van der Waals surface area contributed by atoms with Crippen molar-refractivity contribution in [3.05, 3.63) is 78.9 Å². The molecule has 6 nitrogen and oxygen atoms in total. The molecule has 0 aliphatic heterocycles. The zero-order valence-electron chi connectivity index (χ0n) is 21.2. The van der Waals surface area contributed by atoms with Gasteiger partial charge in [0.25, 0.3) is 0 Å². The standard InChI is InChI=1S/C28H33FN4O2/c1-8-9-13-25(33(19(2)3)27(34)35-28(4,5)6)21-12-10-11-20(16-21)23-15-14-22(29)17-24(23)26-31-30-18-32(26)7/h8,10-19H,1,9H2,2-7H3/b25-13-. The summed E-state index contributed by atoms with van der Waals surface area (Å²) in [4.78, 5) is 14.8. The van der Waals surface area contributed by atoms with E-state index in [1.807, 2.05) is 72.0 Å². The number of benzene rings is 2. The van der Waals surface area contributed by atoms with Gasteiger partial charge in [0.1, 0.15) is 17.7 Å². The van der Waals surface area contributed by atoms with Crippen LogP contribution in [-0.4, -0.2) is 37.4 Å². The van der Waals surface area contributed by atoms with Gasteiger partial charge in [-0.2, -0.15) is 0 Å². The molecule has 3 aromatic rings. The lowest BCUT2D eigenvalue weighted by atomic mass is 9.96. The lowest BCUT2D eigenvalue weighted by Gasteiger charge is -2.32. The maximum absolute atomic E-state index is 14.2. The molecule has 35 heavy (non-hydrogen) atoms. The van der Waals surface area contributed by atoms with Crippen LogP contribution < -0.4 is 0 Å². The number of carbonyl (C=O) groups excluding carboxylic acids is 1. The maximum atomic E-state index is 14.2. The number of carbonyl (C=O) groups is 1. The number of aryl methyl sites for hydroxylation is 1. The number of ether oxygens (including phenoxy) is 1. The second-order valence-corrected chi connectivity index (χ2v) is 9.59. The van der Waals surface area contributed by atoms with Crippen molar-refractivity contribution in [1.29, 1.82) is 0 Å². The van der Waals surface area contributed by atoms with E-state index in [1.165, 1.54) is 12.1 Å². The average molecular weight is 477 g/mol. The van der Waals surface area contributed by atoms with Crippen molar-refractivity contribution in [1.82, 2.24) is 19.7 Å². The molecular formula is C28H33FN4O2. The molecule has 0 atom stereocenters. The summed E-state index contributed by atoms with van der Waals surface area (Å²) in [7, 11) is 1.82. The molecule has 1 heterocycles. The Bertz CT molecular complexity index is 1240. The van der Waals surface area contributed by atoms with Crippen molar-refractivity contribution in [2.75, 3.05) is 0 Å². The Morgan fingerprint density at radius 3 is 2.54 bits per heavy atom. The fourth-order valence-corrected chi connectivity index (χ4v) is 3.78. The zero-order valence-corrected chi connectivity index (χ0v) is 21.2. The van der Waals surface area contributed by atoms with Crippen molar-refractivity contribution in [3.8, 4) is 22.5 Å². The van der Waals surface area contributed by atoms with Crippen LogP contribution >= 0.6 is 0 Å². The largest absolute Gasteiger partial charge is 0.443 e. The minimum Gasteiger partial charge on any atom is -0.443 e. The molecule has 0 saturated carbocycles. The van der Waals surface area contributed by atoms with Gasteiger partial charge in [-0.15, -0.1) is 16.8 Å². The van der Waals surface area contributed by atoms with Crippen LogP contribution in [0, 0.1) is 5.82 Å². The van der Waals surface area contributed by atoms with Crippen molar-refractivity contribution < 1.29 is 13.9 Å². The van der Waals surface area contributed by atoms with Crippen LogP contribution in [0.15, 0.2) is 67.5 Å². The van der Waals surface area contributed by atoms with Gasteiger partial charge in [0.2, 0.25) is 0 Å². The highest BCUT2D eigenvalue weighted by Gasteiger charge is 2.28. The molecule has 2 aromatic carbocycles. The fourth-order valence-electron chi connectivity index (χ4n) is 3.78. The molecule has 7 heteroatoms. The van der Waals surface area contributed by atoms with E-state index >= 15 is 0 Å². The van der Waals surface area contributed by atoms with E-state index in [2.05, 4.69) is 16.8 Å². The monoisotopic (exact) mass is 476 g/mol. The second-order valence-electron chi connectivity index (χ2n) is 9.59. The molecule has 0 aliphatic rings. The highest BCUT2D eigenvalue weighted by molar-refractivity contribution is 5.86. The van der Waals surface area contributed by atoms with E-state index in [4.69, 9.17) is 4.74 Å². The molecule has 1 aromatic heterocycles. The summed E-state index contributed by atoms with van der Waals surface area (Å²) in [6.07, 6.45) is 5.48. The first kappa shape index (κ1) is 25.9. The Balaban J connectivity index is 2.14. The van der Waals surface area contributed by atoms with Crippen LogP contribution in [0.2, 0.25) is 0 Å². The predicted molar refractivity (Wildman–Crippen MR) is 138 cm³/mol. The van der Waals surface area contributed by atoms with Gasteiger partial charge >= 0.3 is 6.09 Å². The maximum Gasteiger partial charge on any atom is 0.415 e. The predicted octanol–water partition coefficient (Wildman–Crippen LogP) is 6.85. The summed E-state index contributed by atoms with van der Waals surface area (Å²) >= 11 is 0. The third-order valence-corrected chi connectivity index (χ3v) is 5.25. The normalized spacial score (nSPS) is 12.1. The second kappa shape index (κ2) is 10.7. The van der Waals surface area contributed by atoms with E-state index in [0.29, 0.717) is 17.8 Å². The number of aromatic nitrogens is 3. The minimum atomic E-state index is -0.630. The van der Waals surface area contributed by atoms with Crippen molar-refractivity contribution >= 4 is 11.8 Å². The van der Waals surface area contributed by atoms with E-state index in [-0.39, 0.29) is 11.9 Å². The molecule has 1 amide bonds. The molecular weight excluding hydrogens is 443 g/mol. The molecule has 0 unspecified atom stereocenters. The number of hydrogen-bond donors (Lipinski definition) is 0. The topological polar surface area (TPSA) is 60.2 Å². The molecule has 0 aliphatic carbocycles. The van der Waals surface area contributed by atoms with Gasteiger partial charge < -0.3 is 9.30 Å². The van der Waals surface area contributed by atoms with Gasteiger partial charge in [0, 0.05) is 18.7 Å². The lowest BCUT2D eigenvalue weighted by Crippen LogP contribution is -2.39. The Morgan fingerprint density at radius 2 is 1.94 bits per heavy atom. The van der Waals surface area contributed by atoms with Crippen LogP contribution in [0.4, 0.5) is 9.18 Å². The molecule has 0 radical (unpaired) electrons.